The number of carbonyl (C=O) groups is 2. The summed E-state index contributed by atoms with van der Waals surface area (Å²) in [6.45, 7) is 4.73. The Balaban J connectivity index is 1.79. The standard InChI is InChI=1S/C13H22N2O4/c1-8(9-3-4-9)5-14-12(18)15-10-6-19-7-13(10,2)11(16)17/h8-10H,3-7H2,1-2H3,(H,16,17)(H2,14,15,18). The molecule has 108 valence electrons. The Kier molecular flexibility index (Phi) is 3.99. The number of carbonyl (C=O) groups excluding carboxylic acids is 1. The van der Waals surface area contributed by atoms with Gasteiger partial charge in [-0.15, -0.1) is 0 Å². The van der Waals surface area contributed by atoms with Gasteiger partial charge in [-0.25, -0.2) is 4.79 Å². The highest BCUT2D eigenvalue weighted by atomic mass is 16.5. The van der Waals surface area contributed by atoms with Crippen LogP contribution in [-0.4, -0.2) is 42.9 Å². The minimum Gasteiger partial charge on any atom is -0.481 e. The maximum absolute atomic E-state index is 11.8. The molecule has 19 heavy (non-hydrogen) atoms. The van der Waals surface area contributed by atoms with Gasteiger partial charge in [-0.05, 0) is 31.6 Å². The van der Waals surface area contributed by atoms with Crippen LogP contribution >= 0.6 is 0 Å². The summed E-state index contributed by atoms with van der Waals surface area (Å²) in [4.78, 5) is 23.0. The van der Waals surface area contributed by atoms with E-state index in [9.17, 15) is 14.7 Å². The average molecular weight is 270 g/mol. The molecule has 0 radical (unpaired) electrons. The Hall–Kier alpha value is -1.30. The maximum Gasteiger partial charge on any atom is 0.315 e. The first-order valence-electron chi connectivity index (χ1n) is 6.79. The Morgan fingerprint density at radius 1 is 1.47 bits per heavy atom. The van der Waals surface area contributed by atoms with E-state index in [1.807, 2.05) is 0 Å². The maximum atomic E-state index is 11.8. The Bertz CT molecular complexity index is 370. The third-order valence-corrected chi connectivity index (χ3v) is 4.26. The van der Waals surface area contributed by atoms with E-state index in [0.29, 0.717) is 12.5 Å². The highest BCUT2D eigenvalue weighted by Crippen LogP contribution is 2.36. The number of aliphatic carboxylic acids is 1. The molecule has 1 heterocycles. The van der Waals surface area contributed by atoms with Crippen molar-refractivity contribution in [1.82, 2.24) is 10.6 Å². The Morgan fingerprint density at radius 2 is 2.16 bits per heavy atom. The fourth-order valence-corrected chi connectivity index (χ4v) is 2.38. The molecule has 3 unspecified atom stereocenters. The number of ether oxygens (including phenoxy) is 1. The number of rotatable bonds is 5. The van der Waals surface area contributed by atoms with Crippen molar-refractivity contribution in [3.8, 4) is 0 Å². The molecule has 0 aromatic rings. The first-order chi connectivity index (χ1) is 8.93. The SMILES string of the molecule is CC(CNC(=O)NC1COCC1(C)C(=O)O)C1CC1. The van der Waals surface area contributed by atoms with E-state index in [4.69, 9.17) is 4.74 Å². The lowest BCUT2D eigenvalue weighted by Crippen LogP contribution is -2.52. The molecule has 1 aliphatic carbocycles. The molecule has 3 N–H and O–H groups in total. The summed E-state index contributed by atoms with van der Waals surface area (Å²) in [7, 11) is 0. The van der Waals surface area contributed by atoms with Gasteiger partial charge in [0.05, 0.1) is 19.3 Å². The smallest absolute Gasteiger partial charge is 0.315 e. The summed E-state index contributed by atoms with van der Waals surface area (Å²) in [6.07, 6.45) is 2.50. The van der Waals surface area contributed by atoms with Gasteiger partial charge in [0.15, 0.2) is 0 Å². The van der Waals surface area contributed by atoms with Crippen LogP contribution < -0.4 is 10.6 Å². The minimum absolute atomic E-state index is 0.131. The molecule has 2 aliphatic rings. The fourth-order valence-electron chi connectivity index (χ4n) is 2.38. The van der Waals surface area contributed by atoms with Crippen LogP contribution in [0.4, 0.5) is 4.79 Å². The lowest BCUT2D eigenvalue weighted by molar-refractivity contribution is -0.148. The molecule has 6 heteroatoms. The van der Waals surface area contributed by atoms with Gasteiger partial charge in [-0.1, -0.05) is 6.92 Å². The van der Waals surface area contributed by atoms with Crippen LogP contribution in [0.3, 0.4) is 0 Å². The topological polar surface area (TPSA) is 87.7 Å². The van der Waals surface area contributed by atoms with Gasteiger partial charge in [0.25, 0.3) is 0 Å². The first kappa shape index (κ1) is 14.1. The molecule has 0 aromatic carbocycles. The second-order valence-electron chi connectivity index (χ2n) is 5.96. The molecule has 0 bridgehead atoms. The third-order valence-electron chi connectivity index (χ3n) is 4.26. The summed E-state index contributed by atoms with van der Waals surface area (Å²) in [6, 6.07) is -0.795. The third kappa shape index (κ3) is 3.18. The van der Waals surface area contributed by atoms with E-state index in [2.05, 4.69) is 17.6 Å². The fraction of sp³-hybridized carbons (Fsp3) is 0.846. The molecule has 0 aromatic heterocycles. The van der Waals surface area contributed by atoms with E-state index in [-0.39, 0.29) is 19.2 Å². The van der Waals surface area contributed by atoms with Crippen molar-refractivity contribution in [2.24, 2.45) is 17.3 Å². The normalized spacial score (nSPS) is 31.8. The number of urea groups is 1. The van der Waals surface area contributed by atoms with Crippen molar-refractivity contribution in [3.05, 3.63) is 0 Å². The molecule has 3 atom stereocenters. The highest BCUT2D eigenvalue weighted by Gasteiger charge is 2.47. The molecule has 2 rings (SSSR count). The molecular formula is C13H22N2O4. The zero-order valence-corrected chi connectivity index (χ0v) is 11.4. The lowest BCUT2D eigenvalue weighted by Gasteiger charge is -2.25. The van der Waals surface area contributed by atoms with Crippen molar-refractivity contribution in [3.63, 3.8) is 0 Å². The van der Waals surface area contributed by atoms with Crippen molar-refractivity contribution in [2.45, 2.75) is 32.7 Å². The monoisotopic (exact) mass is 270 g/mol. The van der Waals surface area contributed by atoms with E-state index in [1.54, 1.807) is 6.92 Å². The van der Waals surface area contributed by atoms with Gasteiger partial charge in [0, 0.05) is 6.54 Å². The molecule has 2 fully saturated rings. The van der Waals surface area contributed by atoms with Gasteiger partial charge in [0.2, 0.25) is 0 Å². The van der Waals surface area contributed by atoms with Crippen molar-refractivity contribution in [2.75, 3.05) is 19.8 Å². The molecule has 1 saturated heterocycles. The van der Waals surface area contributed by atoms with E-state index in [1.165, 1.54) is 12.8 Å². The van der Waals surface area contributed by atoms with Crippen molar-refractivity contribution < 1.29 is 19.4 Å². The molecule has 0 spiro atoms. The van der Waals surface area contributed by atoms with Crippen LogP contribution in [0.25, 0.3) is 0 Å². The number of carboxylic acid groups (broad SMARTS) is 1. The number of nitrogens with one attached hydrogen (secondary N) is 2. The minimum atomic E-state index is -1.04. The second kappa shape index (κ2) is 5.36. The summed E-state index contributed by atoms with van der Waals surface area (Å²) in [5, 5.41) is 14.7. The van der Waals surface area contributed by atoms with Crippen LogP contribution in [0.15, 0.2) is 0 Å². The summed E-state index contributed by atoms with van der Waals surface area (Å²) in [5.74, 6) is 0.275. The van der Waals surface area contributed by atoms with Gasteiger partial charge in [-0.2, -0.15) is 0 Å². The largest absolute Gasteiger partial charge is 0.481 e. The van der Waals surface area contributed by atoms with Gasteiger partial charge in [-0.3, -0.25) is 4.79 Å². The summed E-state index contributed by atoms with van der Waals surface area (Å²) in [5.41, 5.74) is -1.04. The molecule has 1 saturated carbocycles. The molecular weight excluding hydrogens is 248 g/mol. The number of hydrogen-bond acceptors (Lipinski definition) is 3. The van der Waals surface area contributed by atoms with Crippen LogP contribution in [0.2, 0.25) is 0 Å². The molecule has 6 nitrogen and oxygen atoms in total. The van der Waals surface area contributed by atoms with Crippen molar-refractivity contribution in [1.29, 1.82) is 0 Å². The van der Waals surface area contributed by atoms with E-state index >= 15 is 0 Å². The number of hydrogen-bond donors (Lipinski definition) is 3. The zero-order valence-electron chi connectivity index (χ0n) is 11.4. The lowest BCUT2D eigenvalue weighted by atomic mass is 9.85. The van der Waals surface area contributed by atoms with Gasteiger partial charge < -0.3 is 20.5 Å². The van der Waals surface area contributed by atoms with Gasteiger partial charge >= 0.3 is 12.0 Å². The van der Waals surface area contributed by atoms with Crippen LogP contribution in [0.5, 0.6) is 0 Å². The van der Waals surface area contributed by atoms with Crippen molar-refractivity contribution >= 4 is 12.0 Å². The predicted octanol–water partition coefficient (Wildman–Crippen LogP) is 0.821. The zero-order chi connectivity index (χ0) is 14.0. The van der Waals surface area contributed by atoms with E-state index in [0.717, 1.165) is 5.92 Å². The summed E-state index contributed by atoms with van der Waals surface area (Å²) < 4.78 is 5.19. The van der Waals surface area contributed by atoms with Crippen LogP contribution in [-0.2, 0) is 9.53 Å². The average Bonchev–Trinajstić information content (AvgIpc) is 3.13. The second-order valence-corrected chi connectivity index (χ2v) is 5.96. The quantitative estimate of drug-likeness (QED) is 0.690. The number of amides is 2. The Morgan fingerprint density at radius 3 is 2.74 bits per heavy atom. The Labute approximate surface area is 112 Å². The predicted molar refractivity (Wildman–Crippen MR) is 68.8 cm³/mol. The first-order valence-corrected chi connectivity index (χ1v) is 6.79. The summed E-state index contributed by atoms with van der Waals surface area (Å²) >= 11 is 0. The molecule has 2 amide bonds. The van der Waals surface area contributed by atoms with Crippen LogP contribution in [0.1, 0.15) is 26.7 Å². The van der Waals surface area contributed by atoms with E-state index < -0.39 is 17.4 Å². The van der Waals surface area contributed by atoms with Gasteiger partial charge in [0.1, 0.15) is 5.41 Å². The number of carboxylic acids is 1. The molecule has 1 aliphatic heterocycles. The highest BCUT2D eigenvalue weighted by molar-refractivity contribution is 5.79. The van der Waals surface area contributed by atoms with Crippen LogP contribution in [0, 0.1) is 17.3 Å².